The van der Waals surface area contributed by atoms with Crippen LogP contribution in [-0.4, -0.2) is 47.3 Å². The van der Waals surface area contributed by atoms with Gasteiger partial charge in [0.2, 0.25) is 11.8 Å². The van der Waals surface area contributed by atoms with Gasteiger partial charge in [-0.25, -0.2) is 0 Å². The predicted octanol–water partition coefficient (Wildman–Crippen LogP) is 3.41. The van der Waals surface area contributed by atoms with Gasteiger partial charge in [-0.1, -0.05) is 13.8 Å². The van der Waals surface area contributed by atoms with Crippen LogP contribution in [0.25, 0.3) is 0 Å². The van der Waals surface area contributed by atoms with Gasteiger partial charge in [0.15, 0.2) is 0 Å². The largest absolute Gasteiger partial charge is 0.391 e. The molecule has 3 aliphatic carbocycles. The molecule has 0 bridgehead atoms. The van der Waals surface area contributed by atoms with E-state index < -0.39 is 6.10 Å². The van der Waals surface area contributed by atoms with Crippen molar-refractivity contribution in [1.82, 2.24) is 10.6 Å². The molecule has 182 valence electrons. The maximum Gasteiger partial charge on any atom is 0.224 e. The lowest BCUT2D eigenvalue weighted by Crippen LogP contribution is -2.67. The summed E-state index contributed by atoms with van der Waals surface area (Å²) in [4.78, 5) is 25.6. The second-order valence-corrected chi connectivity index (χ2v) is 12.7. The van der Waals surface area contributed by atoms with Crippen molar-refractivity contribution >= 4 is 11.8 Å². The number of fused-ring (bicyclic) bond motifs is 5. The van der Waals surface area contributed by atoms with Crippen LogP contribution in [0, 0.1) is 34.5 Å². The molecule has 0 radical (unpaired) electrons. The predicted molar refractivity (Wildman–Crippen MR) is 124 cm³/mol. The van der Waals surface area contributed by atoms with Gasteiger partial charge >= 0.3 is 0 Å². The van der Waals surface area contributed by atoms with Crippen LogP contribution in [0.5, 0.6) is 0 Å². The molecule has 3 saturated carbocycles. The summed E-state index contributed by atoms with van der Waals surface area (Å²) >= 11 is 0. The smallest absolute Gasteiger partial charge is 0.224 e. The summed E-state index contributed by atoms with van der Waals surface area (Å²) < 4.78 is 6.21. The standard InChI is InChI=1S/C26H44N2O4/c1-15(29)14-32-21-13-22(30)27-20-10-7-16-17-8-9-19(23(31)28-24(2,3)4)25(17,5)12-11-18(16)26(20,21)6/h15-21,29H,7-14H2,1-6H3,(H,27,30)(H,28,31)/t15?,16-,17-,18-,19+,20+,21-,25-,26+/m0/s1. The average molecular weight is 449 g/mol. The molecule has 4 rings (SSSR count). The molecule has 0 aromatic heterocycles. The number of ether oxygens (including phenoxy) is 1. The van der Waals surface area contributed by atoms with Crippen LogP contribution in [-0.2, 0) is 14.3 Å². The van der Waals surface area contributed by atoms with Gasteiger partial charge in [0, 0.05) is 22.9 Å². The number of aliphatic hydroxyl groups is 1. The Hall–Kier alpha value is -1.14. The zero-order valence-electron chi connectivity index (χ0n) is 20.9. The maximum atomic E-state index is 13.2. The monoisotopic (exact) mass is 448 g/mol. The highest BCUT2D eigenvalue weighted by atomic mass is 16.5. The van der Waals surface area contributed by atoms with E-state index in [-0.39, 0.29) is 52.9 Å². The first-order valence-corrected chi connectivity index (χ1v) is 12.8. The van der Waals surface area contributed by atoms with Crippen LogP contribution in [0.1, 0.15) is 86.5 Å². The number of rotatable bonds is 4. The third-order valence-corrected chi connectivity index (χ3v) is 9.53. The third-order valence-electron chi connectivity index (χ3n) is 9.53. The Morgan fingerprint density at radius 3 is 2.56 bits per heavy atom. The summed E-state index contributed by atoms with van der Waals surface area (Å²) in [6.07, 6.45) is 6.00. The Bertz CT molecular complexity index is 747. The fraction of sp³-hybridized carbons (Fsp3) is 0.923. The molecule has 4 fully saturated rings. The topological polar surface area (TPSA) is 87.7 Å². The normalized spacial score (nSPS) is 44.7. The van der Waals surface area contributed by atoms with Crippen LogP contribution in [0.15, 0.2) is 0 Å². The van der Waals surface area contributed by atoms with Gasteiger partial charge < -0.3 is 20.5 Å². The molecule has 0 aromatic rings. The zero-order valence-corrected chi connectivity index (χ0v) is 20.9. The number of aliphatic hydroxyl groups excluding tert-OH is 1. The second kappa shape index (κ2) is 8.26. The third kappa shape index (κ3) is 4.00. The molecule has 6 heteroatoms. The van der Waals surface area contributed by atoms with E-state index in [0.717, 1.165) is 38.5 Å². The summed E-state index contributed by atoms with van der Waals surface area (Å²) in [6, 6.07) is 0.134. The number of hydrogen-bond donors (Lipinski definition) is 3. The first-order valence-electron chi connectivity index (χ1n) is 12.8. The quantitative estimate of drug-likeness (QED) is 0.615. The number of carbonyl (C=O) groups is 2. The van der Waals surface area contributed by atoms with Crippen LogP contribution in [0.3, 0.4) is 0 Å². The van der Waals surface area contributed by atoms with E-state index in [9.17, 15) is 14.7 Å². The van der Waals surface area contributed by atoms with Crippen molar-refractivity contribution in [3.05, 3.63) is 0 Å². The highest BCUT2D eigenvalue weighted by molar-refractivity contribution is 5.80. The lowest BCUT2D eigenvalue weighted by atomic mass is 9.46. The van der Waals surface area contributed by atoms with Gasteiger partial charge in [-0.3, -0.25) is 9.59 Å². The summed E-state index contributed by atoms with van der Waals surface area (Å²) in [5.74, 6) is 1.97. The molecule has 1 unspecified atom stereocenters. The molecule has 0 aromatic carbocycles. The van der Waals surface area contributed by atoms with Gasteiger partial charge in [0.05, 0.1) is 25.2 Å². The highest BCUT2D eigenvalue weighted by Crippen LogP contribution is 2.65. The molecule has 1 aliphatic heterocycles. The molecule has 0 spiro atoms. The van der Waals surface area contributed by atoms with E-state index in [1.807, 2.05) is 0 Å². The van der Waals surface area contributed by atoms with Crippen molar-refractivity contribution in [2.45, 2.75) is 110 Å². The number of nitrogens with one attached hydrogen (secondary N) is 2. The van der Waals surface area contributed by atoms with Crippen molar-refractivity contribution in [1.29, 1.82) is 0 Å². The van der Waals surface area contributed by atoms with Gasteiger partial charge in [-0.2, -0.15) is 0 Å². The Kier molecular flexibility index (Phi) is 6.20. The zero-order chi connectivity index (χ0) is 23.5. The SMILES string of the molecule is CC(O)CO[C@H]1CC(=O)N[C@@H]2CC[C@H]3[C@@H]4CC[C@H](C(=O)NC(C)(C)C)[C@@]4(C)CC[C@@H]3[C@@]12C. The van der Waals surface area contributed by atoms with Crippen molar-refractivity contribution < 1.29 is 19.4 Å². The molecule has 4 aliphatic rings. The Morgan fingerprint density at radius 2 is 1.91 bits per heavy atom. The molecule has 3 N–H and O–H groups in total. The first kappa shape index (κ1) is 24.0. The Labute approximate surface area is 193 Å². The second-order valence-electron chi connectivity index (χ2n) is 12.7. The summed E-state index contributed by atoms with van der Waals surface area (Å²) in [6.45, 7) is 12.9. The number of piperidine rings is 1. The van der Waals surface area contributed by atoms with Gasteiger partial charge in [-0.15, -0.1) is 0 Å². The van der Waals surface area contributed by atoms with E-state index in [2.05, 4.69) is 45.3 Å². The number of amides is 2. The molecular weight excluding hydrogens is 404 g/mol. The van der Waals surface area contributed by atoms with Crippen LogP contribution >= 0.6 is 0 Å². The summed E-state index contributed by atoms with van der Waals surface area (Å²) in [5.41, 5.74) is -0.282. The molecule has 1 saturated heterocycles. The highest BCUT2D eigenvalue weighted by Gasteiger charge is 2.63. The minimum Gasteiger partial charge on any atom is -0.391 e. The van der Waals surface area contributed by atoms with E-state index in [1.165, 1.54) is 0 Å². The molecule has 1 heterocycles. The van der Waals surface area contributed by atoms with Gasteiger partial charge in [0.25, 0.3) is 0 Å². The average Bonchev–Trinajstić information content (AvgIpc) is 3.02. The summed E-state index contributed by atoms with van der Waals surface area (Å²) in [7, 11) is 0. The maximum absolute atomic E-state index is 13.2. The number of hydrogen-bond acceptors (Lipinski definition) is 4. The van der Waals surface area contributed by atoms with Gasteiger partial charge in [-0.05, 0) is 89.4 Å². The fourth-order valence-electron chi connectivity index (χ4n) is 8.10. The van der Waals surface area contributed by atoms with Crippen molar-refractivity contribution in [3.63, 3.8) is 0 Å². The van der Waals surface area contributed by atoms with Crippen LogP contribution in [0.2, 0.25) is 0 Å². The lowest BCUT2D eigenvalue weighted by Gasteiger charge is -2.62. The van der Waals surface area contributed by atoms with Gasteiger partial charge in [0.1, 0.15) is 0 Å². The minimum absolute atomic E-state index is 0.0492. The van der Waals surface area contributed by atoms with Crippen molar-refractivity contribution in [3.8, 4) is 0 Å². The molecule has 6 nitrogen and oxygen atoms in total. The van der Waals surface area contributed by atoms with Crippen LogP contribution < -0.4 is 10.6 Å². The minimum atomic E-state index is -0.534. The van der Waals surface area contributed by atoms with E-state index in [0.29, 0.717) is 24.2 Å². The molecule has 32 heavy (non-hydrogen) atoms. The van der Waals surface area contributed by atoms with Crippen LogP contribution in [0.4, 0.5) is 0 Å². The fourth-order valence-corrected chi connectivity index (χ4v) is 8.10. The summed E-state index contributed by atoms with van der Waals surface area (Å²) in [5, 5.41) is 16.4. The van der Waals surface area contributed by atoms with Crippen molar-refractivity contribution in [2.24, 2.45) is 34.5 Å². The molecule has 9 atom stereocenters. The van der Waals surface area contributed by atoms with E-state index >= 15 is 0 Å². The number of carbonyl (C=O) groups excluding carboxylic acids is 2. The van der Waals surface area contributed by atoms with Crippen molar-refractivity contribution in [2.75, 3.05) is 6.61 Å². The Morgan fingerprint density at radius 1 is 1.19 bits per heavy atom. The molecular formula is C26H44N2O4. The van der Waals surface area contributed by atoms with E-state index in [4.69, 9.17) is 4.74 Å². The molecule has 2 amide bonds. The Balaban J connectivity index is 1.58. The van der Waals surface area contributed by atoms with E-state index in [1.54, 1.807) is 6.92 Å². The first-order chi connectivity index (χ1) is 14.9. The lowest BCUT2D eigenvalue weighted by molar-refractivity contribution is -0.179.